The number of pyridine rings is 2. The lowest BCUT2D eigenvalue weighted by Gasteiger charge is -2.34. The Kier molecular flexibility index (Phi) is 21.7. The predicted octanol–water partition coefficient (Wildman–Crippen LogP) is 30.9. The van der Waals surface area contributed by atoms with E-state index in [-0.39, 0.29) is 30.8 Å². The molecule has 0 N–H and O–H groups in total. The van der Waals surface area contributed by atoms with Gasteiger partial charge in [0.25, 0.3) is 0 Å². The Morgan fingerprint density at radius 1 is 0.234 bits per heavy atom. The maximum absolute atomic E-state index is 6.42. The fourth-order valence-corrected chi connectivity index (χ4v) is 21.3. The summed E-state index contributed by atoms with van der Waals surface area (Å²) in [5.41, 5.74) is 30.9. The molecule has 0 saturated carbocycles. The van der Waals surface area contributed by atoms with Crippen LogP contribution in [-0.4, -0.2) is 71.9 Å². The van der Waals surface area contributed by atoms with Gasteiger partial charge in [0.2, 0.25) is 0 Å². The van der Waals surface area contributed by atoms with Gasteiger partial charge in [-0.1, -0.05) is 228 Å². The van der Waals surface area contributed by atoms with E-state index in [1.807, 2.05) is 92.2 Å². The molecule has 5 atom stereocenters. The molecule has 0 bridgehead atoms. The fraction of sp³-hybridized carbons (Fsp3) is 0.203. The third kappa shape index (κ3) is 14.2. The van der Waals surface area contributed by atoms with Crippen molar-refractivity contribution in [1.29, 1.82) is 0 Å². The molecular weight excluding hydrogens is 1690 g/mol. The van der Waals surface area contributed by atoms with E-state index in [9.17, 15) is 0 Å². The molecule has 19 heteroatoms. The molecule has 0 aliphatic carbocycles. The van der Waals surface area contributed by atoms with E-state index in [0.717, 1.165) is 168 Å². The largest absolute Gasteiger partial charge is 0.454 e. The second kappa shape index (κ2) is 34.5. The highest BCUT2D eigenvalue weighted by Crippen LogP contribution is 2.55. The summed E-state index contributed by atoms with van der Waals surface area (Å²) in [6, 6.07) is 97.2. The third-order valence-electron chi connectivity index (χ3n) is 28.6. The van der Waals surface area contributed by atoms with Crippen LogP contribution in [-0.2, 0) is 0 Å². The molecule has 5 aliphatic rings. The molecule has 0 amide bonds. The lowest BCUT2D eigenvalue weighted by molar-refractivity contribution is 0.660. The molecule has 5 unspecified atom stereocenters. The average Bonchev–Trinajstić information content (AvgIpc) is 1.57. The maximum Gasteiger partial charge on any atom is 0.178 e. The molecule has 8 aromatic heterocycles. The Labute approximate surface area is 797 Å². The zero-order valence-electron chi connectivity index (χ0n) is 80.4. The molecule has 21 aromatic rings. The molecule has 19 nitrogen and oxygen atoms in total. The Morgan fingerprint density at radius 2 is 0.547 bits per heavy atom. The van der Waals surface area contributed by atoms with Crippen LogP contribution in [0.3, 0.4) is 0 Å². The van der Waals surface area contributed by atoms with Gasteiger partial charge in [-0.3, -0.25) is 4.90 Å². The highest BCUT2D eigenvalue weighted by atomic mass is 16.3. The maximum atomic E-state index is 6.42. The van der Waals surface area contributed by atoms with Gasteiger partial charge in [0.15, 0.2) is 51.2 Å². The van der Waals surface area contributed by atoms with Crippen LogP contribution in [0.5, 0.6) is 0 Å². The second-order valence-corrected chi connectivity index (χ2v) is 37.3. The fourth-order valence-electron chi connectivity index (χ4n) is 21.3. The predicted molar refractivity (Wildman–Crippen MR) is 568 cm³/mol. The minimum absolute atomic E-state index is 0.106. The number of hydrogen-bond donors (Lipinski definition) is 0. The molecule has 0 radical (unpaired) electrons. The molecule has 0 spiro atoms. The van der Waals surface area contributed by atoms with Crippen molar-refractivity contribution in [3.63, 3.8) is 0 Å². The monoisotopic (exact) mass is 1800 g/mol. The number of anilines is 15. The van der Waals surface area contributed by atoms with Crippen LogP contribution < -0.4 is 49.0 Å². The summed E-state index contributed by atoms with van der Waals surface area (Å²) in [7, 11) is 6.25. The summed E-state index contributed by atoms with van der Waals surface area (Å²) in [5, 5.41) is 11.5. The topological polar surface area (TPSA) is 150 Å². The van der Waals surface area contributed by atoms with Gasteiger partial charge in [-0.05, 0) is 199 Å². The van der Waals surface area contributed by atoms with Crippen LogP contribution in [0, 0.1) is 34.6 Å². The summed E-state index contributed by atoms with van der Waals surface area (Å²) >= 11 is 0. The van der Waals surface area contributed by atoms with Crippen molar-refractivity contribution in [3.8, 4) is 0 Å². The Bertz CT molecular complexity index is 7840. The van der Waals surface area contributed by atoms with E-state index < -0.39 is 0 Å². The highest BCUT2D eigenvalue weighted by molar-refractivity contribution is 6.16. The van der Waals surface area contributed by atoms with Crippen molar-refractivity contribution < 1.29 is 22.1 Å². The van der Waals surface area contributed by atoms with Gasteiger partial charge >= 0.3 is 0 Å². The number of aryl methyl sites for hydroxylation is 5. The minimum atomic E-state index is 0.106. The zero-order valence-corrected chi connectivity index (χ0v) is 80.4. The quantitative estimate of drug-likeness (QED) is 0.135. The lowest BCUT2D eigenvalue weighted by atomic mass is 9.92. The van der Waals surface area contributed by atoms with Crippen LogP contribution >= 0.6 is 0 Å². The van der Waals surface area contributed by atoms with E-state index in [1.54, 1.807) is 12.4 Å². The Morgan fingerprint density at radius 3 is 0.985 bits per heavy atom. The summed E-state index contributed by atoms with van der Waals surface area (Å²) in [4.78, 5) is 41.4. The highest BCUT2D eigenvalue weighted by Gasteiger charge is 2.42. The summed E-state index contributed by atoms with van der Waals surface area (Å²) < 4.78 is 31.7. The van der Waals surface area contributed by atoms with E-state index in [4.69, 9.17) is 22.1 Å². The van der Waals surface area contributed by atoms with Crippen LogP contribution in [0.4, 0.5) is 85.8 Å². The number of rotatable bonds is 9. The second-order valence-electron chi connectivity index (χ2n) is 37.3. The first-order valence-corrected chi connectivity index (χ1v) is 47.5. The van der Waals surface area contributed by atoms with E-state index in [0.29, 0.717) is 11.8 Å². The van der Waals surface area contributed by atoms with E-state index in [1.165, 1.54) is 66.9 Å². The molecule has 26 rings (SSSR count). The number of benzene rings is 13. The van der Waals surface area contributed by atoms with Crippen molar-refractivity contribution in [2.75, 3.05) is 70.1 Å². The van der Waals surface area contributed by atoms with Gasteiger partial charge in [0.05, 0.1) is 51.2 Å². The molecule has 137 heavy (non-hydrogen) atoms. The normalized spacial score (nSPS) is 16.5. The lowest BCUT2D eigenvalue weighted by Crippen LogP contribution is -2.37. The summed E-state index contributed by atoms with van der Waals surface area (Å²) in [5.74, 6) is 4.66. The van der Waals surface area contributed by atoms with Gasteiger partial charge in [-0.15, -0.1) is 0 Å². The summed E-state index contributed by atoms with van der Waals surface area (Å²) in [6.07, 6.45) is 12.3. The van der Waals surface area contributed by atoms with Gasteiger partial charge in [-0.25, -0.2) is 19.9 Å². The molecule has 13 heterocycles. The molecule has 0 fully saturated rings. The number of hydrogen-bond acceptors (Lipinski definition) is 19. The number of aromatic nitrogens is 4. The van der Waals surface area contributed by atoms with Crippen molar-refractivity contribution in [3.05, 3.63) is 355 Å². The van der Waals surface area contributed by atoms with Gasteiger partial charge in [-0.2, -0.15) is 0 Å². The van der Waals surface area contributed by atoms with Crippen LogP contribution in [0.2, 0.25) is 0 Å². The summed E-state index contributed by atoms with van der Waals surface area (Å²) in [6.45, 7) is 31.0. The van der Waals surface area contributed by atoms with Crippen LogP contribution in [0.1, 0.15) is 113 Å². The number of fused-ring (bicyclic) bond motifs is 19. The van der Waals surface area contributed by atoms with Gasteiger partial charge in [0, 0.05) is 124 Å². The Balaban J connectivity index is 0.0000000994. The first kappa shape index (κ1) is 86.4. The van der Waals surface area contributed by atoms with Crippen LogP contribution in [0.25, 0.3) is 110 Å². The van der Waals surface area contributed by atoms with Crippen molar-refractivity contribution in [2.24, 2.45) is 0 Å². The first-order valence-electron chi connectivity index (χ1n) is 47.5. The molecule has 5 aliphatic heterocycles. The molecule has 13 aromatic carbocycles. The molecular formula is C118H110N14O5. The third-order valence-corrected chi connectivity index (χ3v) is 28.6. The van der Waals surface area contributed by atoms with Gasteiger partial charge < -0.3 is 66.2 Å². The Hall–Kier alpha value is -16.0. The average molecular weight is 1800 g/mol. The first-order chi connectivity index (χ1) is 66.6. The number of nitrogens with zero attached hydrogens (tertiary/aromatic N) is 14. The SMILES string of the molecule is Cc1ccc2c(oc3ccccc32)c1N1C=CN(c2c(C(C)C)cccc2C(C)C)C1C.Cc1ccc2c(oc3ccccc32)c1N1c2ccccc2N(c2ccccc2)C1C.Cc1ccc2c(oc3ccccc32)c1N1c2cccnc2N(C)C1C.Cc1ccc2c(oc3ccccc32)c1N1c2ncccc2N(C)C1C.Cc1ccc2c(oc3ccccc32)c1N1c2nccnc2N(C)C1C. The molecule has 0 saturated heterocycles. The number of para-hydroxylation sites is 9. The van der Waals surface area contributed by atoms with E-state index >= 15 is 0 Å². The van der Waals surface area contributed by atoms with Crippen molar-refractivity contribution in [1.82, 2.24) is 19.9 Å². The van der Waals surface area contributed by atoms with Crippen molar-refractivity contribution >= 4 is 196 Å². The smallest absolute Gasteiger partial charge is 0.178 e. The van der Waals surface area contributed by atoms with E-state index in [2.05, 4.69) is 399 Å². The number of furan rings is 5. The van der Waals surface area contributed by atoms with Gasteiger partial charge in [0.1, 0.15) is 58.7 Å². The standard InChI is InChI=1S/C29H32N2O.C27H22N2O.2C21H19N3O.C20H18N4O/c1-18(2)22-11-9-12-23(19(3)4)28(22)31-17-16-30(21(31)6)27-20(5)14-15-25-24-10-7-8-13-26(24)32-29(25)27;1-18-16-17-22-21-12-6-9-15-25(21)30-27(22)26(18)29-19(2)28(20-10-4-3-5-11-20)23-13-7-8-14-24(23)29;1-13-10-11-16-15-7-4-5-9-18(15)25-20(16)19(13)24-14(2)23(3)21-17(24)8-6-12-22-21;1-13-10-11-16-15-7-4-5-9-18(15)25-20(16)19(13)24-14(2)23(3)17-8-6-12-22-21(17)24;1-12-8-9-15-14-6-4-5-7-16(14)25-18(15)17(12)24-13(2)23(3)19-20(24)22-11-10-21-19/h7-19,21H,1-6H3;3-17,19H,1-2H3;2*4-12,14H,1-3H3;4-11,13H,1-3H3. The van der Waals surface area contributed by atoms with Crippen LogP contribution in [0.15, 0.2) is 338 Å². The molecule has 682 valence electrons. The minimum Gasteiger partial charge on any atom is -0.454 e. The zero-order chi connectivity index (χ0) is 94.2. The van der Waals surface area contributed by atoms with Crippen molar-refractivity contribution in [2.45, 2.75) is 140 Å².